The SMILES string of the molecule is Cc1c(-c2ccc3c(c2)CC(C)(C)C3=O)nnn1-c1cccnc1. The van der Waals surface area contributed by atoms with E-state index in [1.54, 1.807) is 17.1 Å². The maximum absolute atomic E-state index is 12.4. The van der Waals surface area contributed by atoms with E-state index in [9.17, 15) is 4.79 Å². The van der Waals surface area contributed by atoms with Crippen LogP contribution in [0.15, 0.2) is 42.7 Å². The highest BCUT2D eigenvalue weighted by Gasteiger charge is 2.37. The van der Waals surface area contributed by atoms with E-state index >= 15 is 0 Å². The van der Waals surface area contributed by atoms with Crippen LogP contribution < -0.4 is 0 Å². The molecular weight excluding hydrogens is 300 g/mol. The van der Waals surface area contributed by atoms with Gasteiger partial charge in [0.05, 0.1) is 17.6 Å². The van der Waals surface area contributed by atoms with Gasteiger partial charge in [-0.25, -0.2) is 4.68 Å². The second-order valence-electron chi connectivity index (χ2n) is 6.91. The molecule has 0 unspecified atom stereocenters. The van der Waals surface area contributed by atoms with Gasteiger partial charge in [-0.3, -0.25) is 9.78 Å². The lowest BCUT2D eigenvalue weighted by atomic mass is 9.89. The molecule has 4 rings (SSSR count). The Bertz CT molecular complexity index is 941. The molecule has 0 fully saturated rings. The molecule has 24 heavy (non-hydrogen) atoms. The van der Waals surface area contributed by atoms with Gasteiger partial charge in [-0.1, -0.05) is 31.2 Å². The molecule has 2 aromatic heterocycles. The minimum atomic E-state index is -0.316. The molecular formula is C19H18N4O. The average Bonchev–Trinajstić information content (AvgIpc) is 3.06. The van der Waals surface area contributed by atoms with Crippen LogP contribution in [0, 0.1) is 12.3 Å². The second kappa shape index (κ2) is 5.09. The number of Topliss-reactive ketones (excluding diaryl/α,β-unsaturated/α-hetero) is 1. The summed E-state index contributed by atoms with van der Waals surface area (Å²) in [6.45, 7) is 5.99. The summed E-state index contributed by atoms with van der Waals surface area (Å²) < 4.78 is 1.78. The number of rotatable bonds is 2. The van der Waals surface area contributed by atoms with E-state index in [1.807, 2.05) is 45.0 Å². The summed E-state index contributed by atoms with van der Waals surface area (Å²) in [6, 6.07) is 9.78. The highest BCUT2D eigenvalue weighted by Crippen LogP contribution is 2.38. The van der Waals surface area contributed by atoms with E-state index in [4.69, 9.17) is 0 Å². The summed E-state index contributed by atoms with van der Waals surface area (Å²) in [6.07, 6.45) is 4.26. The molecule has 120 valence electrons. The minimum absolute atomic E-state index is 0.222. The number of hydrogen-bond donors (Lipinski definition) is 0. The van der Waals surface area contributed by atoms with Gasteiger partial charge in [-0.2, -0.15) is 0 Å². The van der Waals surface area contributed by atoms with Crippen LogP contribution in [0.5, 0.6) is 0 Å². The minimum Gasteiger partial charge on any atom is -0.294 e. The average molecular weight is 318 g/mol. The van der Waals surface area contributed by atoms with Crippen molar-refractivity contribution in [1.29, 1.82) is 0 Å². The summed E-state index contributed by atoms with van der Waals surface area (Å²) in [4.78, 5) is 16.5. The van der Waals surface area contributed by atoms with Crippen molar-refractivity contribution in [1.82, 2.24) is 20.0 Å². The standard InChI is InChI=1S/C19H18N4O/c1-12-17(21-22-23(12)15-5-4-8-20-11-15)13-6-7-16-14(9-13)10-19(2,3)18(16)24/h4-9,11H,10H2,1-3H3. The normalized spacial score (nSPS) is 15.5. The van der Waals surface area contributed by atoms with Crippen LogP contribution in [0.25, 0.3) is 16.9 Å². The maximum Gasteiger partial charge on any atom is 0.169 e. The molecule has 0 amide bonds. The first-order valence-corrected chi connectivity index (χ1v) is 7.98. The molecule has 1 aromatic carbocycles. The maximum atomic E-state index is 12.4. The number of pyridine rings is 1. The van der Waals surface area contributed by atoms with Crippen LogP contribution in [0.2, 0.25) is 0 Å². The Morgan fingerprint density at radius 3 is 2.79 bits per heavy atom. The Morgan fingerprint density at radius 1 is 1.21 bits per heavy atom. The van der Waals surface area contributed by atoms with E-state index in [1.165, 1.54) is 0 Å². The fraction of sp³-hybridized carbons (Fsp3) is 0.263. The molecule has 0 radical (unpaired) electrons. The Labute approximate surface area is 140 Å². The molecule has 0 atom stereocenters. The first-order chi connectivity index (χ1) is 11.5. The van der Waals surface area contributed by atoms with Gasteiger partial charge in [-0.15, -0.1) is 5.10 Å². The predicted octanol–water partition coefficient (Wildman–Crippen LogP) is 3.40. The van der Waals surface area contributed by atoms with E-state index in [0.717, 1.165) is 40.2 Å². The molecule has 2 heterocycles. The third-order valence-electron chi connectivity index (χ3n) is 4.66. The molecule has 5 heteroatoms. The Morgan fingerprint density at radius 2 is 2.04 bits per heavy atom. The highest BCUT2D eigenvalue weighted by molar-refractivity contribution is 6.04. The van der Waals surface area contributed by atoms with Crippen LogP contribution in [0.1, 0.15) is 35.5 Å². The number of ketones is 1. The van der Waals surface area contributed by atoms with Crippen molar-refractivity contribution < 1.29 is 4.79 Å². The van der Waals surface area contributed by atoms with Crippen LogP contribution in [-0.2, 0) is 6.42 Å². The van der Waals surface area contributed by atoms with Crippen molar-refractivity contribution in [2.24, 2.45) is 5.41 Å². The van der Waals surface area contributed by atoms with Crippen LogP contribution >= 0.6 is 0 Å². The molecule has 1 aliphatic carbocycles. The molecule has 0 N–H and O–H groups in total. The Hall–Kier alpha value is -2.82. The molecule has 0 bridgehead atoms. The number of hydrogen-bond acceptors (Lipinski definition) is 4. The number of fused-ring (bicyclic) bond motifs is 1. The number of aromatic nitrogens is 4. The summed E-state index contributed by atoms with van der Waals surface area (Å²) in [5, 5.41) is 8.60. The molecule has 0 spiro atoms. The van der Waals surface area contributed by atoms with Gasteiger partial charge in [0.2, 0.25) is 0 Å². The van der Waals surface area contributed by atoms with E-state index < -0.39 is 0 Å². The Balaban J connectivity index is 1.77. The van der Waals surface area contributed by atoms with Crippen molar-refractivity contribution >= 4 is 5.78 Å². The van der Waals surface area contributed by atoms with Crippen molar-refractivity contribution in [3.8, 4) is 16.9 Å². The topological polar surface area (TPSA) is 60.7 Å². The lowest BCUT2D eigenvalue weighted by Gasteiger charge is -2.12. The fourth-order valence-electron chi connectivity index (χ4n) is 3.35. The highest BCUT2D eigenvalue weighted by atomic mass is 16.1. The number of nitrogens with zero attached hydrogens (tertiary/aromatic N) is 4. The van der Waals surface area contributed by atoms with E-state index in [2.05, 4.69) is 21.4 Å². The van der Waals surface area contributed by atoms with Gasteiger partial charge >= 0.3 is 0 Å². The second-order valence-corrected chi connectivity index (χ2v) is 6.91. The number of carbonyl (C=O) groups excluding carboxylic acids is 1. The molecule has 3 aromatic rings. The fourth-order valence-corrected chi connectivity index (χ4v) is 3.35. The quantitative estimate of drug-likeness (QED) is 0.726. The zero-order valence-electron chi connectivity index (χ0n) is 13.9. The van der Waals surface area contributed by atoms with E-state index in [-0.39, 0.29) is 11.2 Å². The number of carbonyl (C=O) groups is 1. The van der Waals surface area contributed by atoms with Gasteiger partial charge in [0.15, 0.2) is 5.78 Å². The van der Waals surface area contributed by atoms with Crippen molar-refractivity contribution in [2.45, 2.75) is 27.2 Å². The summed E-state index contributed by atoms with van der Waals surface area (Å²) in [7, 11) is 0. The molecule has 0 aliphatic heterocycles. The van der Waals surface area contributed by atoms with Gasteiger partial charge in [0.1, 0.15) is 5.69 Å². The summed E-state index contributed by atoms with van der Waals surface area (Å²) >= 11 is 0. The third-order valence-corrected chi connectivity index (χ3v) is 4.66. The molecule has 0 saturated heterocycles. The monoisotopic (exact) mass is 318 g/mol. The van der Waals surface area contributed by atoms with Gasteiger partial charge in [-0.05, 0) is 37.1 Å². The lowest BCUT2D eigenvalue weighted by Crippen LogP contribution is -2.18. The zero-order chi connectivity index (χ0) is 16.9. The largest absolute Gasteiger partial charge is 0.294 e. The van der Waals surface area contributed by atoms with E-state index in [0.29, 0.717) is 0 Å². The Kier molecular flexibility index (Phi) is 3.13. The predicted molar refractivity (Wildman–Crippen MR) is 91.1 cm³/mol. The summed E-state index contributed by atoms with van der Waals surface area (Å²) in [5.74, 6) is 0.222. The van der Waals surface area contributed by atoms with Crippen LogP contribution in [0.3, 0.4) is 0 Å². The van der Waals surface area contributed by atoms with Crippen molar-refractivity contribution in [2.75, 3.05) is 0 Å². The molecule has 1 aliphatic rings. The third kappa shape index (κ3) is 2.16. The zero-order valence-corrected chi connectivity index (χ0v) is 13.9. The van der Waals surface area contributed by atoms with Crippen molar-refractivity contribution in [3.63, 3.8) is 0 Å². The first-order valence-electron chi connectivity index (χ1n) is 7.98. The molecule has 0 saturated carbocycles. The number of benzene rings is 1. The first kappa shape index (κ1) is 14.8. The smallest absolute Gasteiger partial charge is 0.169 e. The van der Waals surface area contributed by atoms with Gasteiger partial charge in [0.25, 0.3) is 0 Å². The van der Waals surface area contributed by atoms with Gasteiger partial charge in [0, 0.05) is 22.7 Å². The van der Waals surface area contributed by atoms with Crippen molar-refractivity contribution in [3.05, 3.63) is 59.5 Å². The van der Waals surface area contributed by atoms with Gasteiger partial charge < -0.3 is 0 Å². The summed E-state index contributed by atoms with van der Waals surface area (Å²) in [5.41, 5.74) is 5.27. The van der Waals surface area contributed by atoms with Crippen LogP contribution in [-0.4, -0.2) is 25.8 Å². The molecule has 5 nitrogen and oxygen atoms in total. The lowest BCUT2D eigenvalue weighted by molar-refractivity contribution is 0.0863. The van der Waals surface area contributed by atoms with Crippen LogP contribution in [0.4, 0.5) is 0 Å².